The van der Waals surface area contributed by atoms with Crippen molar-refractivity contribution in [1.29, 1.82) is 0 Å². The Bertz CT molecular complexity index is 583. The predicted octanol–water partition coefficient (Wildman–Crippen LogP) is 4.23. The van der Waals surface area contributed by atoms with Gasteiger partial charge in [0.05, 0.1) is 11.8 Å². The zero-order valence-corrected chi connectivity index (χ0v) is 11.0. The lowest BCUT2D eigenvalue weighted by Crippen LogP contribution is -2.10. The Labute approximate surface area is 109 Å². The van der Waals surface area contributed by atoms with Gasteiger partial charge in [0.1, 0.15) is 0 Å². The van der Waals surface area contributed by atoms with Crippen molar-refractivity contribution in [2.24, 2.45) is 7.05 Å². The summed E-state index contributed by atoms with van der Waals surface area (Å²) >= 11 is 0. The van der Waals surface area contributed by atoms with Gasteiger partial charge >= 0.3 is 6.18 Å². The second-order valence-electron chi connectivity index (χ2n) is 4.86. The van der Waals surface area contributed by atoms with Crippen molar-refractivity contribution in [2.45, 2.75) is 25.9 Å². The SMILES string of the molecule is CC(C)c1ccc(-c2cnn(C)c2)cc1C(F)(F)F. The Morgan fingerprint density at radius 2 is 1.84 bits per heavy atom. The molecular weight excluding hydrogens is 253 g/mol. The van der Waals surface area contributed by atoms with Gasteiger partial charge in [0.15, 0.2) is 0 Å². The summed E-state index contributed by atoms with van der Waals surface area (Å²) in [6, 6.07) is 4.46. The van der Waals surface area contributed by atoms with Crippen molar-refractivity contribution >= 4 is 0 Å². The van der Waals surface area contributed by atoms with Crippen LogP contribution in [0.5, 0.6) is 0 Å². The molecule has 0 radical (unpaired) electrons. The molecule has 0 saturated carbocycles. The number of nitrogens with zero attached hydrogens (tertiary/aromatic N) is 2. The highest BCUT2D eigenvalue weighted by atomic mass is 19.4. The molecule has 2 nitrogen and oxygen atoms in total. The zero-order valence-electron chi connectivity index (χ0n) is 11.0. The number of alkyl halides is 3. The molecule has 0 aliphatic carbocycles. The van der Waals surface area contributed by atoms with E-state index in [1.165, 1.54) is 6.07 Å². The molecule has 2 rings (SSSR count). The van der Waals surface area contributed by atoms with E-state index in [1.54, 1.807) is 50.1 Å². The first-order chi connectivity index (χ1) is 8.79. The van der Waals surface area contributed by atoms with E-state index in [0.717, 1.165) is 0 Å². The molecule has 1 heterocycles. The van der Waals surface area contributed by atoms with Crippen molar-refractivity contribution in [3.8, 4) is 11.1 Å². The highest BCUT2D eigenvalue weighted by molar-refractivity contribution is 5.64. The zero-order chi connectivity index (χ0) is 14.2. The Hall–Kier alpha value is -1.78. The highest BCUT2D eigenvalue weighted by Crippen LogP contribution is 2.37. The van der Waals surface area contributed by atoms with Crippen LogP contribution in [0.1, 0.15) is 30.9 Å². The van der Waals surface area contributed by atoms with Gasteiger partial charge in [0.25, 0.3) is 0 Å². The molecule has 0 aliphatic heterocycles. The topological polar surface area (TPSA) is 17.8 Å². The fourth-order valence-electron chi connectivity index (χ4n) is 2.06. The van der Waals surface area contributed by atoms with Gasteiger partial charge in [-0.1, -0.05) is 26.0 Å². The van der Waals surface area contributed by atoms with E-state index in [9.17, 15) is 13.2 Å². The number of hydrogen-bond donors (Lipinski definition) is 0. The summed E-state index contributed by atoms with van der Waals surface area (Å²) in [6.07, 6.45) is -1.08. The van der Waals surface area contributed by atoms with Crippen molar-refractivity contribution in [2.75, 3.05) is 0 Å². The van der Waals surface area contributed by atoms with Crippen molar-refractivity contribution < 1.29 is 13.2 Å². The Morgan fingerprint density at radius 1 is 1.16 bits per heavy atom. The van der Waals surface area contributed by atoms with Crippen molar-refractivity contribution in [3.63, 3.8) is 0 Å². The summed E-state index contributed by atoms with van der Waals surface area (Å²) < 4.78 is 40.8. The van der Waals surface area contributed by atoms with Gasteiger partial charge in [-0.25, -0.2) is 0 Å². The molecular formula is C14H15F3N2. The first kappa shape index (κ1) is 13.6. The van der Waals surface area contributed by atoms with E-state index in [2.05, 4.69) is 5.10 Å². The van der Waals surface area contributed by atoms with Gasteiger partial charge in [0.2, 0.25) is 0 Å². The lowest BCUT2D eigenvalue weighted by Gasteiger charge is -2.16. The summed E-state index contributed by atoms with van der Waals surface area (Å²) in [5, 5.41) is 3.98. The summed E-state index contributed by atoms with van der Waals surface area (Å²) in [7, 11) is 1.73. The molecule has 0 aliphatic rings. The van der Waals surface area contributed by atoms with E-state index >= 15 is 0 Å². The molecule has 2 aromatic rings. The summed E-state index contributed by atoms with van der Waals surface area (Å²) in [4.78, 5) is 0. The van der Waals surface area contributed by atoms with Crippen molar-refractivity contribution in [1.82, 2.24) is 9.78 Å². The largest absolute Gasteiger partial charge is 0.416 e. The van der Waals surface area contributed by atoms with Crippen LogP contribution in [-0.4, -0.2) is 9.78 Å². The minimum atomic E-state index is -4.34. The number of halogens is 3. The number of benzene rings is 1. The molecule has 1 aromatic carbocycles. The van der Waals surface area contributed by atoms with Crippen molar-refractivity contribution in [3.05, 3.63) is 41.7 Å². The molecule has 0 spiro atoms. The van der Waals surface area contributed by atoms with E-state index in [4.69, 9.17) is 0 Å². The average Bonchev–Trinajstić information content (AvgIpc) is 2.74. The van der Waals surface area contributed by atoms with Crippen LogP contribution >= 0.6 is 0 Å². The Morgan fingerprint density at radius 3 is 2.32 bits per heavy atom. The van der Waals surface area contributed by atoms with Gasteiger partial charge in [-0.3, -0.25) is 4.68 Å². The molecule has 0 bridgehead atoms. The Kier molecular flexibility index (Phi) is 3.39. The third-order valence-electron chi connectivity index (χ3n) is 3.02. The minimum Gasteiger partial charge on any atom is -0.275 e. The minimum absolute atomic E-state index is 0.167. The summed E-state index contributed by atoms with van der Waals surface area (Å²) in [5.41, 5.74) is 0.970. The second-order valence-corrected chi connectivity index (χ2v) is 4.86. The average molecular weight is 268 g/mol. The first-order valence-electron chi connectivity index (χ1n) is 5.99. The normalized spacial score (nSPS) is 12.2. The maximum Gasteiger partial charge on any atom is 0.416 e. The van der Waals surface area contributed by atoms with Gasteiger partial charge in [-0.15, -0.1) is 0 Å². The van der Waals surface area contributed by atoms with E-state index in [1.807, 2.05) is 0 Å². The molecule has 102 valence electrons. The number of aryl methyl sites for hydroxylation is 1. The van der Waals surface area contributed by atoms with Crippen LogP contribution in [0.25, 0.3) is 11.1 Å². The fourth-order valence-corrected chi connectivity index (χ4v) is 2.06. The molecule has 0 fully saturated rings. The van der Waals surface area contributed by atoms with Crippen LogP contribution in [0.3, 0.4) is 0 Å². The fraction of sp³-hybridized carbons (Fsp3) is 0.357. The first-order valence-corrected chi connectivity index (χ1v) is 5.99. The second kappa shape index (κ2) is 4.72. The van der Waals surface area contributed by atoms with Gasteiger partial charge in [-0.05, 0) is 23.1 Å². The molecule has 1 aromatic heterocycles. The van der Waals surface area contributed by atoms with Crippen LogP contribution in [0.15, 0.2) is 30.6 Å². The lowest BCUT2D eigenvalue weighted by molar-refractivity contribution is -0.138. The third-order valence-corrected chi connectivity index (χ3v) is 3.02. The maximum atomic E-state index is 13.1. The van der Waals surface area contributed by atoms with Crippen LogP contribution in [-0.2, 0) is 13.2 Å². The van der Waals surface area contributed by atoms with E-state index in [0.29, 0.717) is 16.7 Å². The highest BCUT2D eigenvalue weighted by Gasteiger charge is 2.34. The molecule has 0 atom stereocenters. The quantitative estimate of drug-likeness (QED) is 0.797. The van der Waals surface area contributed by atoms with Gasteiger partial charge in [0, 0.05) is 18.8 Å². The van der Waals surface area contributed by atoms with Crippen LogP contribution in [0.4, 0.5) is 13.2 Å². The van der Waals surface area contributed by atoms with E-state index in [-0.39, 0.29) is 5.92 Å². The molecule has 0 amide bonds. The molecule has 5 heteroatoms. The summed E-state index contributed by atoms with van der Waals surface area (Å²) in [5.74, 6) is -0.167. The van der Waals surface area contributed by atoms with Gasteiger partial charge < -0.3 is 0 Å². The predicted molar refractivity (Wildman–Crippen MR) is 67.7 cm³/mol. The number of aromatic nitrogens is 2. The molecule has 0 unspecified atom stereocenters. The summed E-state index contributed by atoms with van der Waals surface area (Å²) in [6.45, 7) is 3.52. The third kappa shape index (κ3) is 2.80. The monoisotopic (exact) mass is 268 g/mol. The standard InChI is InChI=1S/C14H15F3N2/c1-9(2)12-5-4-10(6-13(12)14(15,16)17)11-7-18-19(3)8-11/h4-9H,1-3H3. The number of rotatable bonds is 2. The van der Waals surface area contributed by atoms with Gasteiger partial charge in [-0.2, -0.15) is 18.3 Å². The van der Waals surface area contributed by atoms with Crippen LogP contribution < -0.4 is 0 Å². The molecule has 0 N–H and O–H groups in total. The van der Waals surface area contributed by atoms with E-state index < -0.39 is 11.7 Å². The number of hydrogen-bond acceptors (Lipinski definition) is 1. The molecule has 19 heavy (non-hydrogen) atoms. The maximum absolute atomic E-state index is 13.1. The lowest BCUT2D eigenvalue weighted by atomic mass is 9.93. The smallest absolute Gasteiger partial charge is 0.275 e. The van der Waals surface area contributed by atoms with Crippen LogP contribution in [0.2, 0.25) is 0 Å². The van der Waals surface area contributed by atoms with Crippen LogP contribution in [0, 0.1) is 0 Å². The Balaban J connectivity index is 2.56. The molecule has 0 saturated heterocycles.